The third-order valence-corrected chi connectivity index (χ3v) is 12.4. The molecular weight excluding hydrogens is 587 g/mol. The Morgan fingerprint density at radius 3 is 1.95 bits per heavy atom. The molecule has 1 unspecified atom stereocenters. The fraction of sp³-hybridized carbons (Fsp3) is 0.194. The second kappa shape index (κ2) is 10.4. The Labute approximate surface area is 233 Å². The smallest absolute Gasteiger partial charge is 0.265 e. The average Bonchev–Trinajstić information content (AvgIpc) is 3.31. The molecule has 0 N–H and O–H groups in total. The van der Waals surface area contributed by atoms with Gasteiger partial charge in [-0.05, 0) is 81.3 Å². The quantitative estimate of drug-likeness (QED) is 0.113. The van der Waals surface area contributed by atoms with Gasteiger partial charge in [0.1, 0.15) is 11.4 Å². The van der Waals surface area contributed by atoms with E-state index in [1.165, 1.54) is 13.9 Å². The summed E-state index contributed by atoms with van der Waals surface area (Å²) >= 11 is 2.31. The lowest BCUT2D eigenvalue weighted by molar-refractivity contribution is 0.0138. The van der Waals surface area contributed by atoms with Crippen LogP contribution in [0, 0.1) is 3.57 Å². The van der Waals surface area contributed by atoms with Crippen molar-refractivity contribution in [2.24, 2.45) is 0 Å². The summed E-state index contributed by atoms with van der Waals surface area (Å²) in [6, 6.07) is 33.5. The topological polar surface area (TPSA) is 35.8 Å². The van der Waals surface area contributed by atoms with E-state index >= 15 is 0 Å². The van der Waals surface area contributed by atoms with Crippen molar-refractivity contribution in [1.29, 1.82) is 0 Å². The van der Waals surface area contributed by atoms with E-state index in [0.717, 1.165) is 22.7 Å². The van der Waals surface area contributed by atoms with Crippen LogP contribution in [0.4, 0.5) is 0 Å². The number of imidazole rings is 1. The first-order valence-corrected chi connectivity index (χ1v) is 15.5. The number of pyridine rings is 1. The monoisotopic (exact) mass is 618 g/mol. The molecule has 188 valence electrons. The molecule has 0 radical (unpaired) electrons. The van der Waals surface area contributed by atoms with E-state index < -0.39 is 14.6 Å². The zero-order valence-electron chi connectivity index (χ0n) is 21.6. The average molecular weight is 619 g/mol. The summed E-state index contributed by atoms with van der Waals surface area (Å²) in [6.07, 6.45) is 3.70. The number of hydrogen-bond donors (Lipinski definition) is 0. The zero-order valence-corrected chi connectivity index (χ0v) is 24.7. The number of fused-ring (bicyclic) bond motifs is 1. The summed E-state index contributed by atoms with van der Waals surface area (Å²) < 4.78 is 16.6. The van der Waals surface area contributed by atoms with Gasteiger partial charge in [0.15, 0.2) is 6.29 Å². The molecule has 0 aliphatic heterocycles. The predicted molar refractivity (Wildman–Crippen MR) is 162 cm³/mol. The van der Waals surface area contributed by atoms with Crippen molar-refractivity contribution in [2.75, 3.05) is 0 Å². The molecule has 5 rings (SSSR count). The van der Waals surface area contributed by atoms with Crippen molar-refractivity contribution >= 4 is 46.9 Å². The van der Waals surface area contributed by atoms with E-state index in [2.05, 4.69) is 139 Å². The molecule has 0 aliphatic carbocycles. The Balaban J connectivity index is 1.42. The van der Waals surface area contributed by atoms with E-state index in [0.29, 0.717) is 0 Å². The maximum atomic E-state index is 7.04. The molecule has 0 bridgehead atoms. The van der Waals surface area contributed by atoms with Gasteiger partial charge in [0, 0.05) is 21.5 Å². The summed E-state index contributed by atoms with van der Waals surface area (Å²) in [4.78, 5) is 4.76. The maximum Gasteiger partial charge on any atom is 0.265 e. The molecule has 6 heteroatoms. The van der Waals surface area contributed by atoms with Crippen molar-refractivity contribution < 1.29 is 9.16 Å². The highest BCUT2D eigenvalue weighted by Gasteiger charge is 2.51. The number of ether oxygens (including phenoxy) is 1. The number of halogens is 1. The normalized spacial score (nSPS) is 13.0. The third kappa shape index (κ3) is 5.23. The highest BCUT2D eigenvalue weighted by Crippen LogP contribution is 2.37. The number of hydrogen-bond acceptors (Lipinski definition) is 3. The van der Waals surface area contributed by atoms with Gasteiger partial charge in [0.25, 0.3) is 8.32 Å². The number of benzene rings is 3. The Morgan fingerprint density at radius 1 is 0.784 bits per heavy atom. The minimum absolute atomic E-state index is 0.113. The van der Waals surface area contributed by atoms with E-state index in [-0.39, 0.29) is 5.04 Å². The van der Waals surface area contributed by atoms with Gasteiger partial charge in [0.05, 0.1) is 5.69 Å². The zero-order chi connectivity index (χ0) is 26.0. The Hall–Kier alpha value is -2.94. The van der Waals surface area contributed by atoms with E-state index in [9.17, 15) is 0 Å². The van der Waals surface area contributed by atoms with Crippen LogP contribution >= 0.6 is 22.6 Å². The van der Waals surface area contributed by atoms with Gasteiger partial charge in [-0.2, -0.15) is 0 Å². The minimum Gasteiger partial charge on any atom is -0.466 e. The highest BCUT2D eigenvalue weighted by molar-refractivity contribution is 14.1. The van der Waals surface area contributed by atoms with Gasteiger partial charge < -0.3 is 13.6 Å². The van der Waals surface area contributed by atoms with Crippen molar-refractivity contribution in [1.82, 2.24) is 9.38 Å². The molecule has 0 amide bonds. The number of aromatic nitrogens is 2. The highest BCUT2D eigenvalue weighted by atomic mass is 127. The van der Waals surface area contributed by atoms with E-state index in [4.69, 9.17) is 14.1 Å². The van der Waals surface area contributed by atoms with Crippen LogP contribution in [0.25, 0.3) is 16.9 Å². The standard InChI is InChI=1S/C31H31IN2O2Si/c1-23(35-26-18-15-24(16-19-26)29-22-34-21-25(32)17-20-30(34)33-29)36-37(31(2,3)4,27-11-7-5-8-12-27)28-13-9-6-10-14-28/h5-23H,1-4H3. The summed E-state index contributed by atoms with van der Waals surface area (Å²) in [6.45, 7) is 8.82. The molecule has 0 aliphatic rings. The Morgan fingerprint density at radius 2 is 1.38 bits per heavy atom. The van der Waals surface area contributed by atoms with Gasteiger partial charge in [-0.15, -0.1) is 0 Å². The minimum atomic E-state index is -2.69. The molecule has 0 spiro atoms. The fourth-order valence-corrected chi connectivity index (χ4v) is 10.0. The first kappa shape index (κ1) is 25.7. The third-order valence-electron chi connectivity index (χ3n) is 6.63. The molecule has 0 saturated carbocycles. The molecule has 2 aromatic heterocycles. The van der Waals surface area contributed by atoms with E-state index in [1.54, 1.807) is 0 Å². The Kier molecular flexibility index (Phi) is 7.25. The summed E-state index contributed by atoms with van der Waals surface area (Å²) in [5.74, 6) is 0.771. The van der Waals surface area contributed by atoms with Crippen molar-refractivity contribution in [3.63, 3.8) is 0 Å². The summed E-state index contributed by atoms with van der Waals surface area (Å²) in [5, 5.41) is 2.36. The van der Waals surface area contributed by atoms with Gasteiger partial charge in [0.2, 0.25) is 0 Å². The lowest BCUT2D eigenvalue weighted by Crippen LogP contribution is -2.67. The number of nitrogens with zero attached hydrogens (tertiary/aromatic N) is 2. The molecule has 1 atom stereocenters. The van der Waals surface area contributed by atoms with Crippen LogP contribution in [-0.4, -0.2) is 24.0 Å². The van der Waals surface area contributed by atoms with Crippen LogP contribution in [0.5, 0.6) is 5.75 Å². The molecule has 37 heavy (non-hydrogen) atoms. The first-order valence-electron chi connectivity index (χ1n) is 12.5. The van der Waals surface area contributed by atoms with Crippen LogP contribution in [0.1, 0.15) is 27.7 Å². The SMILES string of the molecule is CC(Oc1ccc(-c2cn3cc(I)ccc3n2)cc1)O[Si](c1ccccc1)(c1ccccc1)C(C)(C)C. The second-order valence-electron chi connectivity index (χ2n) is 10.2. The van der Waals surface area contributed by atoms with E-state index in [1.807, 2.05) is 25.1 Å². The molecule has 3 aromatic carbocycles. The molecule has 5 aromatic rings. The lowest BCUT2D eigenvalue weighted by Gasteiger charge is -2.44. The van der Waals surface area contributed by atoms with Crippen LogP contribution < -0.4 is 15.1 Å². The van der Waals surface area contributed by atoms with Gasteiger partial charge in [-0.25, -0.2) is 4.98 Å². The van der Waals surface area contributed by atoms with Crippen molar-refractivity contribution in [2.45, 2.75) is 39.0 Å². The van der Waals surface area contributed by atoms with Crippen LogP contribution in [-0.2, 0) is 4.43 Å². The number of rotatable bonds is 7. The van der Waals surface area contributed by atoms with Crippen LogP contribution in [0.2, 0.25) is 5.04 Å². The van der Waals surface area contributed by atoms with Crippen LogP contribution in [0.15, 0.2) is 109 Å². The van der Waals surface area contributed by atoms with Crippen molar-refractivity contribution in [3.8, 4) is 17.0 Å². The Bertz CT molecular complexity index is 1440. The largest absolute Gasteiger partial charge is 0.466 e. The fourth-order valence-electron chi connectivity index (χ4n) is 4.96. The second-order valence-corrected chi connectivity index (χ2v) is 15.7. The molecular formula is C31H31IN2O2Si. The first-order chi connectivity index (χ1) is 17.8. The maximum absolute atomic E-state index is 7.04. The molecule has 2 heterocycles. The van der Waals surface area contributed by atoms with Gasteiger partial charge >= 0.3 is 0 Å². The summed E-state index contributed by atoms with van der Waals surface area (Å²) in [7, 11) is -2.69. The lowest BCUT2D eigenvalue weighted by atomic mass is 10.2. The van der Waals surface area contributed by atoms with Gasteiger partial charge in [-0.1, -0.05) is 81.4 Å². The molecule has 4 nitrogen and oxygen atoms in total. The molecule has 0 fully saturated rings. The predicted octanol–water partition coefficient (Wildman–Crippen LogP) is 6.91. The summed E-state index contributed by atoms with van der Waals surface area (Å²) in [5.41, 5.74) is 2.92. The molecule has 0 saturated heterocycles. The van der Waals surface area contributed by atoms with Crippen molar-refractivity contribution in [3.05, 3.63) is 113 Å². The van der Waals surface area contributed by atoms with Gasteiger partial charge in [-0.3, -0.25) is 0 Å². The van der Waals surface area contributed by atoms with Crippen LogP contribution in [0.3, 0.4) is 0 Å².